The molecule has 1 amide bonds. The third kappa shape index (κ3) is 5.85. The van der Waals surface area contributed by atoms with Gasteiger partial charge in [-0.05, 0) is 68.0 Å². The summed E-state index contributed by atoms with van der Waals surface area (Å²) in [5.41, 5.74) is 1.72. The molecule has 1 saturated heterocycles. The second-order valence-corrected chi connectivity index (χ2v) is 8.85. The fraction of sp³-hybridized carbons (Fsp3) is 0.286. The molecule has 176 valence electrons. The van der Waals surface area contributed by atoms with Crippen LogP contribution in [0.3, 0.4) is 0 Å². The first kappa shape index (κ1) is 22.6. The molecule has 2 aliphatic rings. The van der Waals surface area contributed by atoms with Crippen molar-refractivity contribution in [3.8, 4) is 23.3 Å². The van der Waals surface area contributed by atoms with Crippen molar-refractivity contribution < 1.29 is 9.53 Å². The summed E-state index contributed by atoms with van der Waals surface area (Å²) in [6, 6.07) is 17.2. The Kier molecular flexibility index (Phi) is 6.71. The minimum atomic E-state index is -0.0699. The van der Waals surface area contributed by atoms with Crippen molar-refractivity contribution in [1.82, 2.24) is 14.9 Å². The Labute approximate surface area is 205 Å². The number of aromatic nitrogens is 2. The highest BCUT2D eigenvalue weighted by Gasteiger charge is 2.24. The standard InChI is InChI=1S/C28H27N5O2/c29-27(21-9-11-24(12-10-21)35-23-4-2-1-3-5-23)25-18-30-19-31-28(25)32-22-14-16-33(17-15-22)26(34)13-8-20-6-7-20/h1-5,9-12,18-20,22,29H,6-7,14-17H2,(H,30,31,32). The molecular formula is C28H27N5O2. The average molecular weight is 466 g/mol. The molecule has 1 saturated carbocycles. The third-order valence-electron chi connectivity index (χ3n) is 6.19. The SMILES string of the molecule is N=C(c1ccc(Oc2ccccc2)cc1)c1cncnc1NC1CCN(C(=O)C#CC2CC2)CC1. The van der Waals surface area contributed by atoms with Crippen LogP contribution >= 0.6 is 0 Å². The summed E-state index contributed by atoms with van der Waals surface area (Å²) < 4.78 is 5.85. The first-order chi connectivity index (χ1) is 17.2. The minimum Gasteiger partial charge on any atom is -0.457 e. The maximum atomic E-state index is 12.3. The number of carbonyl (C=O) groups excluding carboxylic acids is 1. The number of hydrogen-bond donors (Lipinski definition) is 2. The van der Waals surface area contributed by atoms with Gasteiger partial charge in [0.05, 0.1) is 11.3 Å². The van der Waals surface area contributed by atoms with Gasteiger partial charge in [0.15, 0.2) is 0 Å². The monoisotopic (exact) mass is 465 g/mol. The normalized spacial score (nSPS) is 15.6. The molecule has 3 aromatic rings. The zero-order chi connectivity index (χ0) is 24.0. The van der Waals surface area contributed by atoms with Crippen LogP contribution in [0, 0.1) is 23.2 Å². The lowest BCUT2D eigenvalue weighted by atomic mass is 10.0. The van der Waals surface area contributed by atoms with Crippen molar-refractivity contribution >= 4 is 17.4 Å². The molecule has 0 atom stereocenters. The molecule has 0 radical (unpaired) electrons. The lowest BCUT2D eigenvalue weighted by molar-refractivity contribution is -0.126. The van der Waals surface area contributed by atoms with Gasteiger partial charge < -0.3 is 15.0 Å². The van der Waals surface area contributed by atoms with Crippen LogP contribution in [0.15, 0.2) is 67.1 Å². The van der Waals surface area contributed by atoms with E-state index in [0.717, 1.165) is 37.0 Å². The van der Waals surface area contributed by atoms with Crippen LogP contribution in [0.2, 0.25) is 0 Å². The Balaban J connectivity index is 1.21. The zero-order valence-corrected chi connectivity index (χ0v) is 19.4. The van der Waals surface area contributed by atoms with E-state index in [-0.39, 0.29) is 11.9 Å². The van der Waals surface area contributed by atoms with Gasteiger partial charge in [0.1, 0.15) is 23.6 Å². The van der Waals surface area contributed by atoms with Gasteiger partial charge in [-0.1, -0.05) is 24.1 Å². The van der Waals surface area contributed by atoms with Crippen LogP contribution in [-0.2, 0) is 4.79 Å². The fourth-order valence-corrected chi connectivity index (χ4v) is 3.99. The number of hydrogen-bond acceptors (Lipinski definition) is 6. The third-order valence-corrected chi connectivity index (χ3v) is 6.19. The summed E-state index contributed by atoms with van der Waals surface area (Å²) in [5, 5.41) is 12.2. The molecule has 2 N–H and O–H groups in total. The predicted molar refractivity (Wildman–Crippen MR) is 135 cm³/mol. The van der Waals surface area contributed by atoms with Gasteiger partial charge in [-0.25, -0.2) is 9.97 Å². The van der Waals surface area contributed by atoms with Crippen molar-refractivity contribution in [1.29, 1.82) is 5.41 Å². The molecule has 1 aromatic heterocycles. The quantitative estimate of drug-likeness (QED) is 0.413. The molecule has 0 spiro atoms. The fourth-order valence-electron chi connectivity index (χ4n) is 3.99. The van der Waals surface area contributed by atoms with E-state index in [1.165, 1.54) is 6.33 Å². The lowest BCUT2D eigenvalue weighted by Crippen LogP contribution is -2.42. The summed E-state index contributed by atoms with van der Waals surface area (Å²) in [4.78, 5) is 22.7. The van der Waals surface area contributed by atoms with E-state index in [0.29, 0.717) is 41.8 Å². The number of benzene rings is 2. The maximum Gasteiger partial charge on any atom is 0.298 e. The summed E-state index contributed by atoms with van der Waals surface area (Å²) in [7, 11) is 0. The van der Waals surface area contributed by atoms with Gasteiger partial charge in [0.2, 0.25) is 0 Å². The molecule has 7 nitrogen and oxygen atoms in total. The number of piperidine rings is 1. The highest BCUT2D eigenvalue weighted by atomic mass is 16.5. The molecule has 2 fully saturated rings. The Hall–Kier alpha value is -4.18. The first-order valence-electron chi connectivity index (χ1n) is 11.9. The molecular weight excluding hydrogens is 438 g/mol. The number of amides is 1. The van der Waals surface area contributed by atoms with Gasteiger partial charge >= 0.3 is 0 Å². The van der Waals surface area contributed by atoms with Gasteiger partial charge in [-0.15, -0.1) is 0 Å². The summed E-state index contributed by atoms with van der Waals surface area (Å²) in [5.74, 6) is 8.31. The van der Waals surface area contributed by atoms with Crippen molar-refractivity contribution in [3.63, 3.8) is 0 Å². The van der Waals surface area contributed by atoms with E-state index in [1.807, 2.05) is 59.5 Å². The first-order valence-corrected chi connectivity index (χ1v) is 11.9. The summed E-state index contributed by atoms with van der Waals surface area (Å²) >= 11 is 0. The van der Waals surface area contributed by atoms with Crippen molar-refractivity contribution in [3.05, 3.63) is 78.2 Å². The van der Waals surface area contributed by atoms with Crippen LogP contribution < -0.4 is 10.1 Å². The van der Waals surface area contributed by atoms with E-state index in [2.05, 4.69) is 27.1 Å². The predicted octanol–water partition coefficient (Wildman–Crippen LogP) is 4.50. The largest absolute Gasteiger partial charge is 0.457 e. The van der Waals surface area contributed by atoms with Gasteiger partial charge in [-0.3, -0.25) is 10.2 Å². The van der Waals surface area contributed by atoms with Crippen molar-refractivity contribution in [2.75, 3.05) is 18.4 Å². The number of likely N-dealkylation sites (tertiary alicyclic amines) is 1. The second-order valence-electron chi connectivity index (χ2n) is 8.85. The highest BCUT2D eigenvalue weighted by Crippen LogP contribution is 2.27. The second kappa shape index (κ2) is 10.4. The van der Waals surface area contributed by atoms with Gasteiger partial charge in [0.25, 0.3) is 5.91 Å². The number of anilines is 1. The zero-order valence-electron chi connectivity index (χ0n) is 19.4. The molecule has 0 bridgehead atoms. The number of nitrogens with zero attached hydrogens (tertiary/aromatic N) is 3. The number of nitrogens with one attached hydrogen (secondary N) is 2. The Morgan fingerprint density at radius 3 is 2.43 bits per heavy atom. The summed E-state index contributed by atoms with van der Waals surface area (Å²) in [6.07, 6.45) is 7.00. The Bertz CT molecular complexity index is 1250. The lowest BCUT2D eigenvalue weighted by Gasteiger charge is -2.31. The van der Waals surface area contributed by atoms with Gasteiger partial charge in [0, 0.05) is 36.8 Å². The van der Waals surface area contributed by atoms with E-state index in [1.54, 1.807) is 6.20 Å². The molecule has 5 rings (SSSR count). The van der Waals surface area contributed by atoms with Crippen molar-refractivity contribution in [2.24, 2.45) is 5.92 Å². The summed E-state index contributed by atoms with van der Waals surface area (Å²) in [6.45, 7) is 1.33. The van der Waals surface area contributed by atoms with Crippen LogP contribution in [-0.4, -0.2) is 45.6 Å². The van der Waals surface area contributed by atoms with Crippen molar-refractivity contribution in [2.45, 2.75) is 31.7 Å². The molecule has 2 heterocycles. The maximum absolute atomic E-state index is 12.3. The Morgan fingerprint density at radius 2 is 1.71 bits per heavy atom. The van der Waals surface area contributed by atoms with Crippen LogP contribution in [0.4, 0.5) is 5.82 Å². The van der Waals surface area contributed by atoms with E-state index < -0.39 is 0 Å². The number of ether oxygens (including phenoxy) is 1. The van der Waals surface area contributed by atoms with E-state index in [4.69, 9.17) is 10.1 Å². The van der Waals surface area contributed by atoms with E-state index >= 15 is 0 Å². The molecule has 1 aliphatic heterocycles. The number of para-hydroxylation sites is 1. The molecule has 35 heavy (non-hydrogen) atoms. The van der Waals surface area contributed by atoms with Gasteiger partial charge in [-0.2, -0.15) is 0 Å². The molecule has 7 heteroatoms. The Morgan fingerprint density at radius 1 is 1.00 bits per heavy atom. The number of carbonyl (C=O) groups is 1. The van der Waals surface area contributed by atoms with Crippen LogP contribution in [0.5, 0.6) is 11.5 Å². The number of rotatable bonds is 6. The van der Waals surface area contributed by atoms with E-state index in [9.17, 15) is 4.79 Å². The van der Waals surface area contributed by atoms with Crippen LogP contribution in [0.25, 0.3) is 0 Å². The molecule has 2 aromatic carbocycles. The minimum absolute atomic E-state index is 0.0699. The molecule has 0 unspecified atom stereocenters. The molecule has 1 aliphatic carbocycles. The average Bonchev–Trinajstić information content (AvgIpc) is 3.73. The highest BCUT2D eigenvalue weighted by molar-refractivity contribution is 6.13. The topological polar surface area (TPSA) is 91.2 Å². The smallest absolute Gasteiger partial charge is 0.298 e. The van der Waals surface area contributed by atoms with Crippen LogP contribution in [0.1, 0.15) is 36.8 Å².